The van der Waals surface area contributed by atoms with E-state index in [1.807, 2.05) is 24.3 Å². The van der Waals surface area contributed by atoms with Crippen molar-refractivity contribution in [3.05, 3.63) is 89.8 Å². The molecule has 1 fully saturated rings. The molecule has 3 heteroatoms. The number of rotatable bonds is 5. The maximum atomic E-state index is 5.91. The van der Waals surface area contributed by atoms with Gasteiger partial charge in [0.05, 0.1) is 31.7 Å². The Morgan fingerprint density at radius 1 is 1.00 bits per heavy atom. The van der Waals surface area contributed by atoms with Crippen molar-refractivity contribution in [2.45, 2.75) is 19.3 Å². The van der Waals surface area contributed by atoms with E-state index in [0.29, 0.717) is 13.2 Å². The van der Waals surface area contributed by atoms with E-state index in [0.717, 1.165) is 17.9 Å². The summed E-state index contributed by atoms with van der Waals surface area (Å²) in [5, 5.41) is 0. The van der Waals surface area contributed by atoms with Gasteiger partial charge in [0.15, 0.2) is 0 Å². The Labute approximate surface area is 147 Å². The Morgan fingerprint density at radius 3 is 2.48 bits per heavy atom. The molecule has 25 heavy (non-hydrogen) atoms. The molecule has 0 bridgehead atoms. The van der Waals surface area contributed by atoms with Crippen molar-refractivity contribution in [1.82, 2.24) is 0 Å². The minimum atomic E-state index is 0.144. The molecule has 2 atom stereocenters. The van der Waals surface area contributed by atoms with Crippen molar-refractivity contribution in [1.29, 1.82) is 0 Å². The van der Waals surface area contributed by atoms with Gasteiger partial charge in [0.1, 0.15) is 11.5 Å². The van der Waals surface area contributed by atoms with Gasteiger partial charge in [-0.05, 0) is 47.4 Å². The summed E-state index contributed by atoms with van der Waals surface area (Å²) >= 11 is 0. The Bertz CT molecular complexity index is 814. The monoisotopic (exact) mass is 334 g/mol. The fourth-order valence-electron chi connectivity index (χ4n) is 3.85. The summed E-state index contributed by atoms with van der Waals surface area (Å²) in [6, 6.07) is 18.5. The highest BCUT2D eigenvalue weighted by Crippen LogP contribution is 2.42. The zero-order chi connectivity index (χ0) is 17.1. The number of hydrogen-bond acceptors (Lipinski definition) is 3. The summed E-state index contributed by atoms with van der Waals surface area (Å²) in [5.41, 5.74) is 3.82. The van der Waals surface area contributed by atoms with Crippen LogP contribution in [-0.4, -0.2) is 13.2 Å². The van der Waals surface area contributed by atoms with Gasteiger partial charge in [-0.3, -0.25) is 0 Å². The molecule has 0 unspecified atom stereocenters. The molecule has 1 saturated heterocycles. The van der Waals surface area contributed by atoms with E-state index in [1.165, 1.54) is 16.7 Å². The summed E-state index contributed by atoms with van der Waals surface area (Å²) in [7, 11) is 0. The predicted molar refractivity (Wildman–Crippen MR) is 97.2 cm³/mol. The molecule has 1 aromatic carbocycles. The molecule has 0 saturated carbocycles. The van der Waals surface area contributed by atoms with E-state index in [-0.39, 0.29) is 11.8 Å². The van der Waals surface area contributed by atoms with Crippen LogP contribution in [-0.2, 0) is 4.74 Å². The fourth-order valence-corrected chi connectivity index (χ4v) is 3.85. The van der Waals surface area contributed by atoms with Crippen LogP contribution in [0.5, 0.6) is 0 Å². The first-order valence-electron chi connectivity index (χ1n) is 8.80. The van der Waals surface area contributed by atoms with Gasteiger partial charge < -0.3 is 13.6 Å². The van der Waals surface area contributed by atoms with Crippen LogP contribution in [0, 0.1) is 5.92 Å². The molecule has 0 aliphatic carbocycles. The van der Waals surface area contributed by atoms with Gasteiger partial charge in [0, 0.05) is 5.92 Å². The Kier molecular flexibility index (Phi) is 4.57. The van der Waals surface area contributed by atoms with Gasteiger partial charge in [0.25, 0.3) is 0 Å². The largest absolute Gasteiger partial charge is 0.469 e. The molecule has 1 aliphatic rings. The SMILES string of the molecule is CC/C(=C1\COC[C@@H]1[C@@H](c1ccccc1)c1ccco1)c1ccco1. The Hall–Kier alpha value is -2.52. The summed E-state index contributed by atoms with van der Waals surface area (Å²) in [5.74, 6) is 2.31. The van der Waals surface area contributed by atoms with E-state index in [9.17, 15) is 0 Å². The lowest BCUT2D eigenvalue weighted by Crippen LogP contribution is -2.17. The van der Waals surface area contributed by atoms with Crippen LogP contribution in [0.1, 0.15) is 36.3 Å². The molecule has 0 radical (unpaired) electrons. The molecular formula is C22H22O3. The fraction of sp³-hybridized carbons (Fsp3) is 0.273. The standard InChI is InChI=1S/C22H22O3/c1-2-17(20-10-6-12-24-20)18-14-23-15-19(18)22(21-11-7-13-25-21)16-8-4-3-5-9-16/h3-13,19,22H,2,14-15H2,1H3/b18-17-/t19-,22+/m0/s1. The van der Waals surface area contributed by atoms with Gasteiger partial charge in [-0.15, -0.1) is 0 Å². The zero-order valence-corrected chi connectivity index (χ0v) is 14.4. The molecule has 0 N–H and O–H groups in total. The lowest BCUT2D eigenvalue weighted by atomic mass is 9.79. The van der Waals surface area contributed by atoms with Crippen molar-refractivity contribution in [3.8, 4) is 0 Å². The molecule has 3 aromatic rings. The quantitative estimate of drug-likeness (QED) is 0.617. The highest BCUT2D eigenvalue weighted by Gasteiger charge is 2.35. The number of furan rings is 2. The molecule has 3 nitrogen and oxygen atoms in total. The first kappa shape index (κ1) is 16.0. The van der Waals surface area contributed by atoms with Gasteiger partial charge in [0.2, 0.25) is 0 Å². The first-order chi connectivity index (χ1) is 12.4. The summed E-state index contributed by atoms with van der Waals surface area (Å²) in [6.45, 7) is 3.52. The van der Waals surface area contributed by atoms with Gasteiger partial charge in [-0.1, -0.05) is 37.3 Å². The van der Waals surface area contributed by atoms with Gasteiger partial charge in [-0.25, -0.2) is 0 Å². The van der Waals surface area contributed by atoms with Gasteiger partial charge >= 0.3 is 0 Å². The third-order valence-electron chi connectivity index (χ3n) is 4.97. The molecule has 1 aliphatic heterocycles. The highest BCUT2D eigenvalue weighted by molar-refractivity contribution is 5.66. The van der Waals surface area contributed by atoms with Crippen molar-refractivity contribution < 1.29 is 13.6 Å². The summed E-state index contributed by atoms with van der Waals surface area (Å²) < 4.78 is 17.4. The average Bonchev–Trinajstić information content (AvgIpc) is 3.41. The second kappa shape index (κ2) is 7.16. The molecule has 0 amide bonds. The molecule has 2 aromatic heterocycles. The maximum absolute atomic E-state index is 5.91. The van der Waals surface area contributed by atoms with Crippen LogP contribution in [0.2, 0.25) is 0 Å². The predicted octanol–water partition coefficient (Wildman–Crippen LogP) is 5.51. The zero-order valence-electron chi connectivity index (χ0n) is 14.4. The topological polar surface area (TPSA) is 35.5 Å². The summed E-state index contributed by atoms with van der Waals surface area (Å²) in [4.78, 5) is 0. The van der Waals surface area contributed by atoms with Crippen molar-refractivity contribution in [2.75, 3.05) is 13.2 Å². The van der Waals surface area contributed by atoms with Crippen LogP contribution < -0.4 is 0 Å². The molecule has 4 rings (SSSR count). The molecule has 0 spiro atoms. The second-order valence-corrected chi connectivity index (χ2v) is 6.36. The van der Waals surface area contributed by atoms with Gasteiger partial charge in [-0.2, -0.15) is 0 Å². The number of allylic oxidation sites excluding steroid dienone is 1. The third kappa shape index (κ3) is 3.08. The van der Waals surface area contributed by atoms with E-state index >= 15 is 0 Å². The smallest absolute Gasteiger partial charge is 0.129 e. The summed E-state index contributed by atoms with van der Waals surface area (Å²) in [6.07, 6.45) is 4.40. The lowest BCUT2D eigenvalue weighted by molar-refractivity contribution is 0.182. The molecule has 128 valence electrons. The minimum Gasteiger partial charge on any atom is -0.469 e. The highest BCUT2D eigenvalue weighted by atomic mass is 16.5. The lowest BCUT2D eigenvalue weighted by Gasteiger charge is -2.24. The van der Waals surface area contributed by atoms with E-state index < -0.39 is 0 Å². The maximum Gasteiger partial charge on any atom is 0.129 e. The van der Waals surface area contributed by atoms with Crippen LogP contribution in [0.3, 0.4) is 0 Å². The molecule has 3 heterocycles. The van der Waals surface area contributed by atoms with Crippen LogP contribution in [0.15, 0.2) is 81.5 Å². The van der Waals surface area contributed by atoms with Crippen LogP contribution in [0.4, 0.5) is 0 Å². The van der Waals surface area contributed by atoms with Crippen molar-refractivity contribution in [3.63, 3.8) is 0 Å². The first-order valence-corrected chi connectivity index (χ1v) is 8.80. The number of ether oxygens (including phenoxy) is 1. The number of hydrogen-bond donors (Lipinski definition) is 0. The van der Waals surface area contributed by atoms with E-state index in [1.54, 1.807) is 12.5 Å². The Morgan fingerprint density at radius 2 is 1.80 bits per heavy atom. The third-order valence-corrected chi connectivity index (χ3v) is 4.97. The average molecular weight is 334 g/mol. The van der Waals surface area contributed by atoms with E-state index in [4.69, 9.17) is 13.6 Å². The van der Waals surface area contributed by atoms with E-state index in [2.05, 4.69) is 37.3 Å². The van der Waals surface area contributed by atoms with Crippen molar-refractivity contribution >= 4 is 5.57 Å². The Balaban J connectivity index is 1.81. The van der Waals surface area contributed by atoms with Crippen LogP contribution >= 0.6 is 0 Å². The second-order valence-electron chi connectivity index (χ2n) is 6.36. The number of benzene rings is 1. The molecular weight excluding hydrogens is 312 g/mol. The van der Waals surface area contributed by atoms with Crippen molar-refractivity contribution in [2.24, 2.45) is 5.92 Å². The minimum absolute atomic E-state index is 0.144. The normalized spacial score (nSPS) is 20.6. The van der Waals surface area contributed by atoms with Crippen LogP contribution in [0.25, 0.3) is 5.57 Å².